The van der Waals surface area contributed by atoms with Crippen LogP contribution >= 0.6 is 0 Å². The van der Waals surface area contributed by atoms with Gasteiger partial charge in [0.1, 0.15) is 5.69 Å². The lowest BCUT2D eigenvalue weighted by Gasteiger charge is -2.32. The maximum Gasteiger partial charge on any atom is 0.416 e. The van der Waals surface area contributed by atoms with E-state index in [9.17, 15) is 18.0 Å². The second kappa shape index (κ2) is 9.51. The fourth-order valence-electron chi connectivity index (χ4n) is 3.68. The lowest BCUT2D eigenvalue weighted by molar-refractivity contribution is -0.137. The normalized spacial score (nSPS) is 17.9. The summed E-state index contributed by atoms with van der Waals surface area (Å²) in [6.45, 7) is 6.56. The number of aromatic nitrogens is 3. The zero-order valence-corrected chi connectivity index (χ0v) is 17.9. The van der Waals surface area contributed by atoms with Gasteiger partial charge in [-0.3, -0.25) is 4.79 Å². The average molecular weight is 449 g/mol. The standard InChI is InChI=1S/C21H26F3N7O/c1-3-31-8-4-5-14(11-31)27-20-28-17(9-12(2)25)18(29-30-20)15-7-6-13(21(22,23)24)10-16(15)19(26)32/h6-7,9-10,14H,3-5,8,11,25H2,1-2H3,(H2,26,32)(H,27,28,30). The summed E-state index contributed by atoms with van der Waals surface area (Å²) >= 11 is 0. The first-order valence-electron chi connectivity index (χ1n) is 10.3. The van der Waals surface area contributed by atoms with Gasteiger partial charge in [-0.05, 0) is 51.1 Å². The number of likely N-dealkylation sites (N-methyl/N-ethyl adjacent to an activating group) is 1. The van der Waals surface area contributed by atoms with Crippen LogP contribution in [0.4, 0.5) is 19.1 Å². The van der Waals surface area contributed by atoms with E-state index in [0.29, 0.717) is 11.8 Å². The molecule has 1 aliphatic heterocycles. The number of amides is 1. The van der Waals surface area contributed by atoms with Crippen molar-refractivity contribution in [2.24, 2.45) is 11.5 Å². The predicted molar refractivity (Wildman–Crippen MR) is 115 cm³/mol. The van der Waals surface area contributed by atoms with Crippen LogP contribution in [-0.2, 0) is 6.18 Å². The highest BCUT2D eigenvalue weighted by molar-refractivity contribution is 6.00. The molecule has 172 valence electrons. The first kappa shape index (κ1) is 23.5. The third-order valence-electron chi connectivity index (χ3n) is 5.23. The Morgan fingerprint density at radius 3 is 2.69 bits per heavy atom. The molecule has 2 heterocycles. The number of hydrogen-bond donors (Lipinski definition) is 3. The molecular weight excluding hydrogens is 423 g/mol. The summed E-state index contributed by atoms with van der Waals surface area (Å²) in [5, 5.41) is 11.5. The summed E-state index contributed by atoms with van der Waals surface area (Å²) < 4.78 is 39.3. The molecular formula is C21H26F3N7O. The number of nitrogens with two attached hydrogens (primary N) is 2. The van der Waals surface area contributed by atoms with E-state index >= 15 is 0 Å². The maximum absolute atomic E-state index is 13.1. The Kier molecular flexibility index (Phi) is 6.97. The number of primary amides is 1. The second-order valence-electron chi connectivity index (χ2n) is 7.76. The van der Waals surface area contributed by atoms with E-state index in [1.165, 1.54) is 6.08 Å². The number of likely N-dealkylation sites (tertiary alicyclic amines) is 1. The van der Waals surface area contributed by atoms with Gasteiger partial charge in [0.05, 0.1) is 11.3 Å². The molecule has 5 N–H and O–H groups in total. The molecule has 1 aromatic heterocycles. The first-order valence-corrected chi connectivity index (χ1v) is 10.3. The third kappa shape index (κ3) is 5.52. The van der Waals surface area contributed by atoms with Crippen molar-refractivity contribution in [3.8, 4) is 11.3 Å². The van der Waals surface area contributed by atoms with Crippen molar-refractivity contribution < 1.29 is 18.0 Å². The van der Waals surface area contributed by atoms with Crippen LogP contribution in [-0.4, -0.2) is 51.7 Å². The molecule has 1 atom stereocenters. The quantitative estimate of drug-likeness (QED) is 0.620. The molecule has 3 rings (SSSR count). The summed E-state index contributed by atoms with van der Waals surface area (Å²) in [5.74, 6) is -0.742. The summed E-state index contributed by atoms with van der Waals surface area (Å²) in [6, 6.07) is 2.85. The number of nitrogens with one attached hydrogen (secondary N) is 1. The molecule has 0 radical (unpaired) electrons. The Morgan fingerprint density at radius 2 is 2.06 bits per heavy atom. The van der Waals surface area contributed by atoms with Crippen LogP contribution in [0.3, 0.4) is 0 Å². The number of hydrogen-bond acceptors (Lipinski definition) is 7. The number of benzene rings is 1. The van der Waals surface area contributed by atoms with Crippen LogP contribution in [0.5, 0.6) is 0 Å². The Balaban J connectivity index is 2.02. The number of piperidine rings is 1. The van der Waals surface area contributed by atoms with Gasteiger partial charge in [-0.1, -0.05) is 13.0 Å². The molecule has 0 spiro atoms. The molecule has 0 aliphatic carbocycles. The molecule has 8 nitrogen and oxygen atoms in total. The van der Waals surface area contributed by atoms with Crippen molar-refractivity contribution in [1.82, 2.24) is 20.1 Å². The lowest BCUT2D eigenvalue weighted by Crippen LogP contribution is -2.42. The lowest BCUT2D eigenvalue weighted by atomic mass is 9.99. The number of carbonyl (C=O) groups is 1. The highest BCUT2D eigenvalue weighted by atomic mass is 19.4. The van der Waals surface area contributed by atoms with E-state index in [0.717, 1.165) is 44.6 Å². The van der Waals surface area contributed by atoms with Gasteiger partial charge in [0.25, 0.3) is 0 Å². The van der Waals surface area contributed by atoms with E-state index in [-0.39, 0.29) is 34.5 Å². The topological polar surface area (TPSA) is 123 Å². The number of alkyl halides is 3. The van der Waals surface area contributed by atoms with Crippen molar-refractivity contribution in [3.63, 3.8) is 0 Å². The highest BCUT2D eigenvalue weighted by Crippen LogP contribution is 2.34. The summed E-state index contributed by atoms with van der Waals surface area (Å²) in [6.07, 6.45) is -1.10. The highest BCUT2D eigenvalue weighted by Gasteiger charge is 2.32. The molecule has 1 fully saturated rings. The maximum atomic E-state index is 13.1. The van der Waals surface area contributed by atoms with Crippen molar-refractivity contribution in [1.29, 1.82) is 0 Å². The number of nitrogens with zero attached hydrogens (tertiary/aromatic N) is 4. The number of carbonyl (C=O) groups excluding carboxylic acids is 1. The fraction of sp³-hybridized carbons (Fsp3) is 0.429. The minimum atomic E-state index is -4.62. The van der Waals surface area contributed by atoms with Gasteiger partial charge in [-0.25, -0.2) is 4.98 Å². The molecule has 11 heteroatoms. The Hall–Kier alpha value is -3.21. The van der Waals surface area contributed by atoms with E-state index in [2.05, 4.69) is 32.3 Å². The Bertz CT molecular complexity index is 1020. The van der Waals surface area contributed by atoms with Crippen LogP contribution in [0, 0.1) is 0 Å². The number of anilines is 1. The largest absolute Gasteiger partial charge is 0.416 e. The van der Waals surface area contributed by atoms with Gasteiger partial charge in [0.15, 0.2) is 0 Å². The molecule has 1 saturated heterocycles. The smallest absolute Gasteiger partial charge is 0.402 e. The van der Waals surface area contributed by atoms with Gasteiger partial charge in [0.2, 0.25) is 11.9 Å². The minimum absolute atomic E-state index is 0.0966. The number of halogens is 3. The summed E-state index contributed by atoms with van der Waals surface area (Å²) in [5.41, 5.74) is 10.8. The molecule has 1 aromatic carbocycles. The average Bonchev–Trinajstić information content (AvgIpc) is 2.72. The molecule has 1 aliphatic rings. The molecule has 2 aromatic rings. The van der Waals surface area contributed by atoms with Gasteiger partial charge in [-0.15, -0.1) is 10.2 Å². The predicted octanol–water partition coefficient (Wildman–Crippen LogP) is 2.87. The van der Waals surface area contributed by atoms with Crippen molar-refractivity contribution in [3.05, 3.63) is 40.7 Å². The number of allylic oxidation sites excluding steroid dienone is 1. The third-order valence-corrected chi connectivity index (χ3v) is 5.23. The van der Waals surface area contributed by atoms with E-state index in [1.807, 2.05) is 0 Å². The summed E-state index contributed by atoms with van der Waals surface area (Å²) in [7, 11) is 0. The van der Waals surface area contributed by atoms with Crippen molar-refractivity contribution in [2.75, 3.05) is 25.0 Å². The van der Waals surface area contributed by atoms with Gasteiger partial charge in [-0.2, -0.15) is 13.2 Å². The Labute approximate surface area is 183 Å². The van der Waals surface area contributed by atoms with Crippen LogP contribution in [0.25, 0.3) is 17.3 Å². The van der Waals surface area contributed by atoms with Gasteiger partial charge >= 0.3 is 6.18 Å². The summed E-state index contributed by atoms with van der Waals surface area (Å²) in [4.78, 5) is 18.7. The number of rotatable bonds is 6. The zero-order chi connectivity index (χ0) is 23.5. The van der Waals surface area contributed by atoms with Crippen LogP contribution in [0.2, 0.25) is 0 Å². The monoisotopic (exact) mass is 449 g/mol. The fourth-order valence-corrected chi connectivity index (χ4v) is 3.68. The van der Waals surface area contributed by atoms with Gasteiger partial charge < -0.3 is 21.7 Å². The van der Waals surface area contributed by atoms with Crippen molar-refractivity contribution in [2.45, 2.75) is 38.9 Å². The van der Waals surface area contributed by atoms with E-state index < -0.39 is 17.6 Å². The second-order valence-corrected chi connectivity index (χ2v) is 7.76. The molecule has 1 unspecified atom stereocenters. The first-order chi connectivity index (χ1) is 15.1. The van der Waals surface area contributed by atoms with Gasteiger partial charge in [0, 0.05) is 29.4 Å². The van der Waals surface area contributed by atoms with Crippen molar-refractivity contribution >= 4 is 17.9 Å². The van der Waals surface area contributed by atoms with Crippen LogP contribution in [0.1, 0.15) is 48.3 Å². The van der Waals surface area contributed by atoms with Crippen LogP contribution < -0.4 is 16.8 Å². The minimum Gasteiger partial charge on any atom is -0.402 e. The Morgan fingerprint density at radius 1 is 1.31 bits per heavy atom. The van der Waals surface area contributed by atoms with Crippen LogP contribution in [0.15, 0.2) is 23.9 Å². The molecule has 1 amide bonds. The molecule has 0 saturated carbocycles. The SMILES string of the molecule is CCN1CCCC(Nc2nnc(-c3ccc(C(F)(F)F)cc3C(N)=O)c(C=C(C)N)n2)C1. The zero-order valence-electron chi connectivity index (χ0n) is 17.9. The van der Waals surface area contributed by atoms with E-state index in [4.69, 9.17) is 11.5 Å². The van der Waals surface area contributed by atoms with E-state index in [1.54, 1.807) is 6.92 Å². The molecule has 32 heavy (non-hydrogen) atoms. The molecule has 0 bridgehead atoms.